The third kappa shape index (κ3) is 5.23. The summed E-state index contributed by atoms with van der Waals surface area (Å²) in [5.74, 6) is -1.44. The van der Waals surface area contributed by atoms with Gasteiger partial charge in [-0.3, -0.25) is 14.4 Å². The fourth-order valence-electron chi connectivity index (χ4n) is 5.95. The van der Waals surface area contributed by atoms with Gasteiger partial charge in [0, 0.05) is 43.8 Å². The molecule has 9 nitrogen and oxygen atoms in total. The minimum Gasteiger partial charge on any atom is -0.394 e. The third-order valence-electron chi connectivity index (χ3n) is 8.23. The monoisotopic (exact) mass is 556 g/mol. The Morgan fingerprint density at radius 1 is 1.20 bits per heavy atom. The van der Waals surface area contributed by atoms with Crippen LogP contribution in [0.4, 0.5) is 11.4 Å². The average molecular weight is 557 g/mol. The van der Waals surface area contributed by atoms with E-state index in [4.69, 9.17) is 0 Å². The fourth-order valence-corrected chi connectivity index (χ4v) is 5.95. The summed E-state index contributed by atoms with van der Waals surface area (Å²) in [6, 6.07) is 14.6. The van der Waals surface area contributed by atoms with Crippen molar-refractivity contribution in [3.63, 3.8) is 0 Å². The van der Waals surface area contributed by atoms with Gasteiger partial charge in [-0.05, 0) is 36.6 Å². The van der Waals surface area contributed by atoms with E-state index in [1.54, 1.807) is 48.3 Å². The van der Waals surface area contributed by atoms with E-state index in [-0.39, 0.29) is 43.8 Å². The van der Waals surface area contributed by atoms with Crippen LogP contribution in [0, 0.1) is 5.92 Å². The van der Waals surface area contributed by atoms with Crippen molar-refractivity contribution in [3.8, 4) is 0 Å². The van der Waals surface area contributed by atoms with Crippen LogP contribution >= 0.6 is 0 Å². The lowest BCUT2D eigenvalue weighted by Crippen LogP contribution is -2.44. The van der Waals surface area contributed by atoms with Gasteiger partial charge in [0.1, 0.15) is 0 Å². The molecule has 3 atom stereocenters. The van der Waals surface area contributed by atoms with Crippen molar-refractivity contribution in [2.45, 2.75) is 50.7 Å². The molecular weight excluding hydrogens is 520 g/mol. The second kappa shape index (κ2) is 11.8. The summed E-state index contributed by atoms with van der Waals surface area (Å²) >= 11 is 0. The number of hydrogen-bond donors (Lipinski definition) is 2. The molecule has 0 saturated carbocycles. The predicted octanol–water partition coefficient (Wildman–Crippen LogP) is 3.50. The average Bonchev–Trinajstić information content (AvgIpc) is 3.56. The Balaban J connectivity index is 1.45. The number of hydrogen-bond acceptors (Lipinski definition) is 6. The number of carbonyl (C=O) groups excluding carboxylic acids is 3. The van der Waals surface area contributed by atoms with Gasteiger partial charge in [0.15, 0.2) is 5.60 Å². The molecule has 0 unspecified atom stereocenters. The number of nitrogens with zero attached hydrogens (tertiary/aromatic N) is 4. The van der Waals surface area contributed by atoms with E-state index in [2.05, 4.69) is 11.7 Å². The van der Waals surface area contributed by atoms with Gasteiger partial charge in [0.2, 0.25) is 11.8 Å². The van der Waals surface area contributed by atoms with E-state index in [0.29, 0.717) is 29.9 Å². The van der Waals surface area contributed by atoms with E-state index in [1.807, 2.05) is 30.3 Å². The van der Waals surface area contributed by atoms with Crippen LogP contribution in [0.15, 0.2) is 78.4 Å². The normalized spacial score (nSPS) is 23.2. The molecule has 0 aliphatic carbocycles. The Labute approximate surface area is 240 Å². The lowest BCUT2D eigenvalue weighted by atomic mass is 9.82. The molecule has 2 aromatic carbocycles. The van der Waals surface area contributed by atoms with Crippen LogP contribution in [0.3, 0.4) is 0 Å². The SMILES string of the molecule is C=CCN1C(=O)[C@](O)([C@H](C)/C=C/CC(=O)N2CCC[C@H]2CO)c2cc(N3N=C(c4ccccc4)CCC3=O)ccc21. The molecule has 2 N–H and O–H groups in total. The number of amides is 3. The van der Waals surface area contributed by atoms with E-state index in [9.17, 15) is 24.6 Å². The molecule has 0 spiro atoms. The van der Waals surface area contributed by atoms with Crippen LogP contribution in [-0.2, 0) is 20.0 Å². The molecule has 0 aromatic heterocycles. The molecule has 0 bridgehead atoms. The lowest BCUT2D eigenvalue weighted by Gasteiger charge is -2.28. The number of aliphatic hydroxyl groups excluding tert-OH is 1. The summed E-state index contributed by atoms with van der Waals surface area (Å²) in [6.07, 6.45) is 7.52. The smallest absolute Gasteiger partial charge is 0.264 e. The number of rotatable bonds is 9. The van der Waals surface area contributed by atoms with Crippen LogP contribution in [0.2, 0.25) is 0 Å². The number of hydrazone groups is 1. The summed E-state index contributed by atoms with van der Waals surface area (Å²) in [4.78, 5) is 42.6. The summed E-state index contributed by atoms with van der Waals surface area (Å²) in [5, 5.41) is 27.5. The molecule has 41 heavy (non-hydrogen) atoms. The van der Waals surface area contributed by atoms with Gasteiger partial charge in [-0.1, -0.05) is 55.5 Å². The molecule has 5 rings (SSSR count). The van der Waals surface area contributed by atoms with Gasteiger partial charge < -0.3 is 20.0 Å². The zero-order chi connectivity index (χ0) is 29.1. The van der Waals surface area contributed by atoms with Gasteiger partial charge in [-0.15, -0.1) is 6.58 Å². The van der Waals surface area contributed by atoms with E-state index in [0.717, 1.165) is 24.1 Å². The number of carbonyl (C=O) groups is 3. The van der Waals surface area contributed by atoms with Gasteiger partial charge in [-0.25, -0.2) is 5.01 Å². The molecule has 9 heteroatoms. The third-order valence-corrected chi connectivity index (χ3v) is 8.23. The minimum absolute atomic E-state index is 0.0607. The fraction of sp³-hybridized carbons (Fsp3) is 0.375. The lowest BCUT2D eigenvalue weighted by molar-refractivity contribution is -0.139. The van der Waals surface area contributed by atoms with E-state index >= 15 is 0 Å². The van der Waals surface area contributed by atoms with Crippen molar-refractivity contribution in [1.82, 2.24) is 4.90 Å². The van der Waals surface area contributed by atoms with E-state index < -0.39 is 17.4 Å². The van der Waals surface area contributed by atoms with Crippen LogP contribution in [0.25, 0.3) is 0 Å². The highest BCUT2D eigenvalue weighted by Gasteiger charge is 2.52. The van der Waals surface area contributed by atoms with Gasteiger partial charge in [0.05, 0.1) is 29.7 Å². The Morgan fingerprint density at radius 2 is 1.98 bits per heavy atom. The molecule has 3 aliphatic heterocycles. The number of benzene rings is 2. The van der Waals surface area contributed by atoms with Crippen LogP contribution in [0.5, 0.6) is 0 Å². The van der Waals surface area contributed by atoms with Crippen molar-refractivity contribution in [2.75, 3.05) is 29.6 Å². The Morgan fingerprint density at radius 3 is 2.71 bits per heavy atom. The Kier molecular flexibility index (Phi) is 8.19. The first-order chi connectivity index (χ1) is 19.8. The first kappa shape index (κ1) is 28.4. The second-order valence-electron chi connectivity index (χ2n) is 10.8. The second-order valence-corrected chi connectivity index (χ2v) is 10.8. The predicted molar refractivity (Wildman–Crippen MR) is 157 cm³/mol. The van der Waals surface area contributed by atoms with E-state index in [1.165, 1.54) is 9.91 Å². The van der Waals surface area contributed by atoms with Gasteiger partial charge in [0.25, 0.3) is 5.91 Å². The summed E-state index contributed by atoms with van der Waals surface area (Å²) < 4.78 is 0. The maximum atomic E-state index is 13.7. The molecule has 3 amide bonds. The number of anilines is 2. The molecule has 3 aliphatic rings. The quantitative estimate of drug-likeness (QED) is 0.459. The summed E-state index contributed by atoms with van der Waals surface area (Å²) in [5.41, 5.74) is 1.18. The molecule has 3 heterocycles. The maximum Gasteiger partial charge on any atom is 0.264 e. The summed E-state index contributed by atoms with van der Waals surface area (Å²) in [7, 11) is 0. The zero-order valence-corrected chi connectivity index (χ0v) is 23.3. The first-order valence-electron chi connectivity index (χ1n) is 14.1. The highest BCUT2D eigenvalue weighted by molar-refractivity contribution is 6.10. The van der Waals surface area contributed by atoms with Crippen LogP contribution in [0.1, 0.15) is 50.2 Å². The highest BCUT2D eigenvalue weighted by Crippen LogP contribution is 2.47. The topological polar surface area (TPSA) is 114 Å². The Bertz CT molecular complexity index is 1400. The number of aliphatic hydroxyl groups is 2. The zero-order valence-electron chi connectivity index (χ0n) is 23.3. The molecule has 2 aromatic rings. The molecule has 1 fully saturated rings. The molecule has 1 saturated heterocycles. The maximum absolute atomic E-state index is 13.7. The minimum atomic E-state index is -1.92. The van der Waals surface area contributed by atoms with Crippen molar-refractivity contribution < 1.29 is 24.6 Å². The number of fused-ring (bicyclic) bond motifs is 1. The molecular formula is C32H36N4O5. The number of likely N-dealkylation sites (tertiary alicyclic amines) is 1. The first-order valence-corrected chi connectivity index (χ1v) is 14.1. The Hall–Kier alpha value is -4.08. The van der Waals surface area contributed by atoms with Crippen molar-refractivity contribution in [3.05, 3.63) is 84.5 Å². The van der Waals surface area contributed by atoms with Crippen LogP contribution < -0.4 is 9.91 Å². The summed E-state index contributed by atoms with van der Waals surface area (Å²) in [6.45, 7) is 6.26. The van der Waals surface area contributed by atoms with Crippen molar-refractivity contribution in [1.29, 1.82) is 0 Å². The van der Waals surface area contributed by atoms with Gasteiger partial charge >= 0.3 is 0 Å². The standard InChI is InChI=1S/C32H36N4O5/c1-3-18-35-28-16-14-24(36-30(39)17-15-27(33-36)23-10-5-4-6-11-23)20-26(28)32(41,31(35)40)22(2)9-7-13-29(38)34-19-8-12-25(34)21-37/h3-7,9-11,14,16,20,22,25,37,41H,1,8,12-13,15,17-19,21H2,2H3/b9-7+/t22-,25+,32+/m1/s1. The molecule has 0 radical (unpaired) electrons. The largest absolute Gasteiger partial charge is 0.394 e. The van der Waals surface area contributed by atoms with Gasteiger partial charge in [-0.2, -0.15) is 5.10 Å². The highest BCUT2D eigenvalue weighted by atomic mass is 16.3. The van der Waals surface area contributed by atoms with Crippen molar-refractivity contribution >= 4 is 34.8 Å². The van der Waals surface area contributed by atoms with Crippen molar-refractivity contribution in [2.24, 2.45) is 11.0 Å². The van der Waals surface area contributed by atoms with Crippen LogP contribution in [-0.4, -0.2) is 64.3 Å². The molecule has 214 valence electrons.